The van der Waals surface area contributed by atoms with Crippen LogP contribution in [0.2, 0.25) is 0 Å². The topological polar surface area (TPSA) is 94.7 Å². The first-order chi connectivity index (χ1) is 32.1. The minimum Gasteiger partial charge on any atom is -0.354 e. The minimum absolute atomic E-state index is 0.137. The molecule has 3 aliphatic heterocycles. The van der Waals surface area contributed by atoms with Gasteiger partial charge in [-0.3, -0.25) is 14.5 Å². The number of carbonyl (C=O) groups is 2. The molecule has 7 nitrogen and oxygen atoms in total. The van der Waals surface area contributed by atoms with Gasteiger partial charge in [0.05, 0.1) is 40.3 Å². The van der Waals surface area contributed by atoms with Crippen molar-refractivity contribution in [3.63, 3.8) is 0 Å². The second kappa shape index (κ2) is 15.7. The Morgan fingerprint density at radius 3 is 1.35 bits per heavy atom. The van der Waals surface area contributed by atoms with Crippen molar-refractivity contribution in [2.45, 2.75) is 12.8 Å². The first-order valence-corrected chi connectivity index (χ1v) is 22.1. The van der Waals surface area contributed by atoms with Gasteiger partial charge in [-0.25, -0.2) is 9.97 Å². The number of carbonyl (C=O) groups excluding carboxylic acids is 2. The Kier molecular flexibility index (Phi) is 9.26. The molecule has 0 spiro atoms. The van der Waals surface area contributed by atoms with Gasteiger partial charge in [-0.1, -0.05) is 146 Å². The molecule has 8 aromatic rings. The molecule has 12 rings (SSSR count). The molecule has 2 N–H and O–H groups in total. The average molecular weight is 840 g/mol. The van der Waals surface area contributed by atoms with E-state index in [1.54, 1.807) is 0 Å². The molecule has 1 aliphatic carbocycles. The van der Waals surface area contributed by atoms with Gasteiger partial charge in [-0.2, -0.15) is 0 Å². The summed E-state index contributed by atoms with van der Waals surface area (Å²) in [4.78, 5) is 48.5. The third-order valence-corrected chi connectivity index (χ3v) is 13.1. The molecule has 3 aromatic heterocycles. The first kappa shape index (κ1) is 38.3. The first-order valence-electron chi connectivity index (χ1n) is 22.1. The number of anilines is 1. The van der Waals surface area contributed by atoms with Crippen LogP contribution >= 0.6 is 0 Å². The van der Waals surface area contributed by atoms with Crippen molar-refractivity contribution in [2.75, 3.05) is 4.90 Å². The molecule has 65 heavy (non-hydrogen) atoms. The highest BCUT2D eigenvalue weighted by Crippen LogP contribution is 2.48. The van der Waals surface area contributed by atoms with E-state index in [1.165, 1.54) is 4.90 Å². The van der Waals surface area contributed by atoms with Crippen LogP contribution in [0.3, 0.4) is 0 Å². The van der Waals surface area contributed by atoms with Gasteiger partial charge >= 0.3 is 0 Å². The number of hydrogen-bond acceptors (Lipinski definition) is 4. The van der Waals surface area contributed by atoms with Gasteiger partial charge < -0.3 is 9.97 Å². The van der Waals surface area contributed by atoms with Gasteiger partial charge in [0.15, 0.2) is 0 Å². The lowest BCUT2D eigenvalue weighted by molar-refractivity contribution is -0.122. The van der Waals surface area contributed by atoms with Crippen LogP contribution in [0.25, 0.3) is 90.4 Å². The number of rotatable bonds is 6. The standard InChI is InChI=1S/C58H41N5O2/c64-57-42-27-26-40(34-44(42)58(65)63(57)41-24-14-5-15-25-41)43-35-51-54(38-20-10-3-11-21-38)49-31-30-47(60-49)52(36-16-6-1-7-17-36)45-28-29-46(59-45)53(37-18-8-2-9-19-37)48-32-33-50(61-48)55(56(43)62-51)39-22-12-4-13-23-39/h1-26,28-33,35,42,44,60-61H,27,34H2. The quantitative estimate of drug-likeness (QED) is 0.163. The van der Waals surface area contributed by atoms with Gasteiger partial charge in [-0.15, -0.1) is 0 Å². The van der Waals surface area contributed by atoms with E-state index >= 15 is 0 Å². The number of amides is 2. The molecule has 4 aliphatic rings. The van der Waals surface area contributed by atoms with Crippen LogP contribution in [0.4, 0.5) is 5.69 Å². The van der Waals surface area contributed by atoms with Crippen molar-refractivity contribution in [1.29, 1.82) is 0 Å². The average Bonchev–Trinajstić information content (AvgIpc) is 4.23. The Bertz CT molecular complexity index is 3460. The summed E-state index contributed by atoms with van der Waals surface area (Å²) in [5.41, 5.74) is 17.4. The SMILES string of the molecule is O=C1C2CC=C(C3=Cc4nc3c(-c3ccccc3)c3ccc([nH]3)c(-c3ccccc3)c3nc(c(-c5ccccc5)c5ccc([nH]5)c4-c4ccccc4)C=C3)CC2C(=O)N1c1ccccc1. The monoisotopic (exact) mass is 839 g/mol. The highest BCUT2D eigenvalue weighted by molar-refractivity contribution is 6.22. The Hall–Kier alpha value is -8.42. The number of nitrogens with one attached hydrogen (secondary N) is 2. The highest BCUT2D eigenvalue weighted by Gasteiger charge is 2.49. The van der Waals surface area contributed by atoms with E-state index in [9.17, 15) is 9.59 Å². The van der Waals surface area contributed by atoms with Crippen LogP contribution in [-0.2, 0) is 9.59 Å². The lowest BCUT2D eigenvalue weighted by Crippen LogP contribution is -2.30. The fourth-order valence-corrected chi connectivity index (χ4v) is 10.1. The van der Waals surface area contributed by atoms with E-state index in [-0.39, 0.29) is 11.8 Å². The van der Waals surface area contributed by atoms with Crippen LogP contribution in [0, 0.1) is 11.8 Å². The normalized spacial score (nSPS) is 16.6. The van der Waals surface area contributed by atoms with Crippen molar-refractivity contribution in [3.8, 4) is 44.5 Å². The van der Waals surface area contributed by atoms with Crippen molar-refractivity contribution in [2.24, 2.45) is 11.8 Å². The number of fused-ring (bicyclic) bond motifs is 9. The smallest absolute Gasteiger partial charge is 0.238 e. The summed E-state index contributed by atoms with van der Waals surface area (Å²) in [6.45, 7) is 0. The number of allylic oxidation sites excluding steroid dienone is 3. The summed E-state index contributed by atoms with van der Waals surface area (Å²) in [5, 5.41) is 0. The summed E-state index contributed by atoms with van der Waals surface area (Å²) in [7, 11) is 0. The molecule has 5 aromatic carbocycles. The number of aromatic amines is 2. The molecular weight excluding hydrogens is 799 g/mol. The Morgan fingerprint density at radius 1 is 0.446 bits per heavy atom. The van der Waals surface area contributed by atoms with Crippen LogP contribution in [0.15, 0.2) is 188 Å². The van der Waals surface area contributed by atoms with E-state index in [0.717, 1.165) is 100 Å². The number of aromatic nitrogens is 4. The van der Waals surface area contributed by atoms with E-state index in [1.807, 2.05) is 54.6 Å². The Morgan fingerprint density at radius 2 is 0.862 bits per heavy atom. The zero-order valence-electron chi connectivity index (χ0n) is 35.3. The minimum atomic E-state index is -0.493. The zero-order valence-corrected chi connectivity index (χ0v) is 35.3. The maximum Gasteiger partial charge on any atom is 0.238 e. The molecule has 6 heterocycles. The Balaban J connectivity index is 1.18. The third kappa shape index (κ3) is 6.59. The fourth-order valence-electron chi connectivity index (χ4n) is 10.1. The van der Waals surface area contributed by atoms with E-state index in [2.05, 4.69) is 156 Å². The molecule has 2 unspecified atom stereocenters. The maximum atomic E-state index is 14.3. The summed E-state index contributed by atoms with van der Waals surface area (Å²) < 4.78 is 0. The molecule has 8 bridgehead atoms. The van der Waals surface area contributed by atoms with Crippen LogP contribution in [0.5, 0.6) is 0 Å². The van der Waals surface area contributed by atoms with Crippen molar-refractivity contribution in [1.82, 2.24) is 19.9 Å². The number of imide groups is 1. The van der Waals surface area contributed by atoms with Gasteiger partial charge in [0, 0.05) is 49.9 Å². The van der Waals surface area contributed by atoms with Gasteiger partial charge in [0.2, 0.25) is 11.8 Å². The van der Waals surface area contributed by atoms with E-state index in [0.29, 0.717) is 18.5 Å². The number of hydrogen-bond donors (Lipinski definition) is 2. The summed E-state index contributed by atoms with van der Waals surface area (Å²) in [5.74, 6) is -1.21. The lowest BCUT2D eigenvalue weighted by atomic mass is 9.78. The number of nitrogens with zero attached hydrogens (tertiary/aromatic N) is 3. The zero-order chi connectivity index (χ0) is 43.4. The molecule has 0 saturated carbocycles. The molecule has 1 fully saturated rings. The Labute approximate surface area is 375 Å². The summed E-state index contributed by atoms with van der Waals surface area (Å²) >= 11 is 0. The molecule has 0 radical (unpaired) electrons. The van der Waals surface area contributed by atoms with Crippen LogP contribution in [-0.4, -0.2) is 31.8 Å². The second-order valence-electron chi connectivity index (χ2n) is 16.9. The summed E-state index contributed by atoms with van der Waals surface area (Å²) in [6.07, 6.45) is 9.47. The molecule has 310 valence electrons. The molecule has 2 amide bonds. The van der Waals surface area contributed by atoms with Crippen molar-refractivity contribution < 1.29 is 9.59 Å². The third-order valence-electron chi connectivity index (χ3n) is 13.1. The molecule has 1 saturated heterocycles. The van der Waals surface area contributed by atoms with Crippen molar-refractivity contribution >= 4 is 63.4 Å². The number of H-pyrrole nitrogens is 2. The van der Waals surface area contributed by atoms with E-state index in [4.69, 9.17) is 9.97 Å². The molecule has 2 atom stereocenters. The van der Waals surface area contributed by atoms with Gasteiger partial charge in [-0.05, 0) is 95.3 Å². The fraction of sp³-hybridized carbons (Fsp3) is 0.0690. The number of para-hydroxylation sites is 1. The molecular formula is C58H41N5O2. The second-order valence-corrected chi connectivity index (χ2v) is 16.9. The lowest BCUT2D eigenvalue weighted by Gasteiger charge is -2.23. The van der Waals surface area contributed by atoms with Crippen LogP contribution < -0.4 is 4.90 Å². The van der Waals surface area contributed by atoms with E-state index < -0.39 is 11.8 Å². The predicted octanol–water partition coefficient (Wildman–Crippen LogP) is 13.2. The summed E-state index contributed by atoms with van der Waals surface area (Å²) in [6, 6.07) is 59.5. The van der Waals surface area contributed by atoms with Crippen LogP contribution in [0.1, 0.15) is 35.6 Å². The highest BCUT2D eigenvalue weighted by atomic mass is 16.2. The molecule has 7 heteroatoms. The maximum absolute atomic E-state index is 14.3. The predicted molar refractivity (Wildman–Crippen MR) is 263 cm³/mol. The largest absolute Gasteiger partial charge is 0.354 e. The van der Waals surface area contributed by atoms with Gasteiger partial charge in [0.1, 0.15) is 0 Å². The van der Waals surface area contributed by atoms with Crippen molar-refractivity contribution in [3.05, 3.63) is 210 Å². The van der Waals surface area contributed by atoms with Gasteiger partial charge in [0.25, 0.3) is 0 Å². The number of benzene rings is 5.